The standard InChI is InChI=1S/C32H35N5O4/c1-20-27-18-33-31-30(20)34-35-37(31)13-6-4-3-5-7-22-9-11-24(16-28(22)41-2)32(40)36-14-12-21-8-10-23(15-25(21)19-36)26(27)17-29(38)39/h8-11,15-16,18,26H,3-7,12-14,17,19H2,1-2H3,(H,38,39). The van der Waals surface area contributed by atoms with Crippen LogP contribution in [0.2, 0.25) is 0 Å². The zero-order valence-electron chi connectivity index (χ0n) is 23.6. The fourth-order valence-corrected chi connectivity index (χ4v) is 6.29. The van der Waals surface area contributed by atoms with Gasteiger partial charge in [0.1, 0.15) is 11.3 Å². The summed E-state index contributed by atoms with van der Waals surface area (Å²) in [6.07, 6.45) is 7.46. The highest BCUT2D eigenvalue weighted by atomic mass is 16.5. The Morgan fingerprint density at radius 3 is 2.68 bits per heavy atom. The van der Waals surface area contributed by atoms with Crippen LogP contribution in [0.4, 0.5) is 0 Å². The zero-order valence-corrected chi connectivity index (χ0v) is 23.6. The summed E-state index contributed by atoms with van der Waals surface area (Å²) in [5.41, 5.74) is 8.04. The van der Waals surface area contributed by atoms with Crippen molar-refractivity contribution in [1.29, 1.82) is 0 Å². The number of carbonyl (C=O) groups excluding carboxylic acids is 1. The molecule has 7 heterocycles. The summed E-state index contributed by atoms with van der Waals surface area (Å²) in [7, 11) is 1.66. The molecular weight excluding hydrogens is 518 g/mol. The number of hydrogen-bond donors (Lipinski definition) is 1. The van der Waals surface area contributed by atoms with Crippen molar-refractivity contribution in [3.8, 4) is 5.75 Å². The Morgan fingerprint density at radius 2 is 1.85 bits per heavy atom. The van der Waals surface area contributed by atoms with Crippen LogP contribution < -0.4 is 4.74 Å². The van der Waals surface area contributed by atoms with Gasteiger partial charge in [-0.25, -0.2) is 9.67 Å². The molecule has 9 heteroatoms. The Labute approximate surface area is 239 Å². The van der Waals surface area contributed by atoms with E-state index < -0.39 is 11.9 Å². The Morgan fingerprint density at radius 1 is 1.02 bits per heavy atom. The summed E-state index contributed by atoms with van der Waals surface area (Å²) >= 11 is 0. The molecule has 212 valence electrons. The summed E-state index contributed by atoms with van der Waals surface area (Å²) in [5.74, 6) is -0.556. The van der Waals surface area contributed by atoms with Gasteiger partial charge >= 0.3 is 5.97 Å². The largest absolute Gasteiger partial charge is 0.496 e. The minimum atomic E-state index is -0.883. The first-order valence-corrected chi connectivity index (χ1v) is 14.4. The third-order valence-corrected chi connectivity index (χ3v) is 8.61. The molecule has 1 atom stereocenters. The van der Waals surface area contributed by atoms with Crippen LogP contribution in [0.5, 0.6) is 5.75 Å². The smallest absolute Gasteiger partial charge is 0.304 e. The minimum Gasteiger partial charge on any atom is -0.496 e. The van der Waals surface area contributed by atoms with E-state index in [2.05, 4.69) is 22.4 Å². The predicted molar refractivity (Wildman–Crippen MR) is 154 cm³/mol. The molecule has 2 aromatic carbocycles. The third-order valence-electron chi connectivity index (χ3n) is 8.61. The molecule has 0 radical (unpaired) electrons. The number of aromatic nitrogens is 4. The van der Waals surface area contributed by atoms with E-state index in [1.54, 1.807) is 13.3 Å². The highest BCUT2D eigenvalue weighted by molar-refractivity contribution is 5.95. The SMILES string of the molecule is COc1cc2ccc1CCCCCCn1nnc3c(C)c(cnc31)C(CC(=O)O)c1ccc3c(c1)CN(CC3)C2=O. The van der Waals surface area contributed by atoms with E-state index >= 15 is 0 Å². The first kappa shape index (κ1) is 26.9. The summed E-state index contributed by atoms with van der Waals surface area (Å²) in [6, 6.07) is 12.0. The average molecular weight is 554 g/mol. The van der Waals surface area contributed by atoms with Gasteiger partial charge in [0.15, 0.2) is 5.65 Å². The number of nitrogens with zero attached hydrogens (tertiary/aromatic N) is 5. The Hall–Kier alpha value is -4.27. The van der Waals surface area contributed by atoms with Crippen molar-refractivity contribution in [2.24, 2.45) is 0 Å². The number of methoxy groups -OCH3 is 1. The monoisotopic (exact) mass is 553 g/mol. The van der Waals surface area contributed by atoms with Gasteiger partial charge < -0.3 is 14.7 Å². The molecule has 0 aliphatic carbocycles. The molecule has 0 fully saturated rings. The lowest BCUT2D eigenvalue weighted by molar-refractivity contribution is -0.137. The number of carboxylic acids is 1. The molecule has 4 aromatic rings. The van der Waals surface area contributed by atoms with E-state index in [-0.39, 0.29) is 12.3 Å². The van der Waals surface area contributed by atoms with E-state index in [4.69, 9.17) is 9.72 Å². The van der Waals surface area contributed by atoms with Gasteiger partial charge in [-0.1, -0.05) is 42.3 Å². The number of benzene rings is 2. The molecule has 1 N–H and O–H groups in total. The van der Waals surface area contributed by atoms with Crippen LogP contribution in [0, 0.1) is 6.92 Å². The van der Waals surface area contributed by atoms with E-state index in [9.17, 15) is 14.7 Å². The molecule has 0 saturated carbocycles. The quantitative estimate of drug-likeness (QED) is 0.377. The maximum Gasteiger partial charge on any atom is 0.304 e. The third kappa shape index (κ3) is 5.28. The second kappa shape index (κ2) is 11.3. The topological polar surface area (TPSA) is 110 Å². The van der Waals surface area contributed by atoms with Crippen molar-refractivity contribution in [3.63, 3.8) is 0 Å². The predicted octanol–water partition coefficient (Wildman–Crippen LogP) is 5.06. The Kier molecular flexibility index (Phi) is 7.43. The van der Waals surface area contributed by atoms with Crippen LogP contribution in [0.1, 0.15) is 81.8 Å². The molecule has 9 bridgehead atoms. The van der Waals surface area contributed by atoms with Gasteiger partial charge in [-0.3, -0.25) is 9.59 Å². The number of hydrogen-bond acceptors (Lipinski definition) is 6. The van der Waals surface area contributed by atoms with Gasteiger partial charge in [0.05, 0.1) is 13.5 Å². The zero-order chi connectivity index (χ0) is 28.5. The number of carbonyl (C=O) groups is 2. The molecule has 1 amide bonds. The fourth-order valence-electron chi connectivity index (χ4n) is 6.29. The van der Waals surface area contributed by atoms with Gasteiger partial charge in [0, 0.05) is 37.3 Å². The van der Waals surface area contributed by atoms with Crippen molar-refractivity contribution >= 4 is 23.0 Å². The minimum absolute atomic E-state index is 0.0243. The molecule has 0 saturated heterocycles. The number of aryl methyl sites for hydroxylation is 3. The van der Waals surface area contributed by atoms with Crippen LogP contribution >= 0.6 is 0 Å². The molecule has 5 aliphatic heterocycles. The maximum absolute atomic E-state index is 13.6. The Balaban J connectivity index is 1.42. The van der Waals surface area contributed by atoms with Crippen molar-refractivity contribution < 1.29 is 19.4 Å². The van der Waals surface area contributed by atoms with Gasteiger partial charge in [-0.05, 0) is 78.1 Å². The van der Waals surface area contributed by atoms with Crippen molar-refractivity contribution in [3.05, 3.63) is 81.5 Å². The van der Waals surface area contributed by atoms with Gasteiger partial charge in [-0.2, -0.15) is 0 Å². The highest BCUT2D eigenvalue weighted by Crippen LogP contribution is 2.35. The number of ether oxygens (including phenoxy) is 1. The summed E-state index contributed by atoms with van der Waals surface area (Å²) in [6.45, 7) is 3.80. The van der Waals surface area contributed by atoms with Crippen molar-refractivity contribution in [2.45, 2.75) is 70.9 Å². The average Bonchev–Trinajstić information content (AvgIpc) is 3.40. The number of rotatable bonds is 3. The second-order valence-corrected chi connectivity index (χ2v) is 11.2. The van der Waals surface area contributed by atoms with Crippen molar-refractivity contribution in [1.82, 2.24) is 24.9 Å². The first-order valence-electron chi connectivity index (χ1n) is 14.4. The lowest BCUT2D eigenvalue weighted by atomic mass is 9.84. The number of pyridine rings is 1. The van der Waals surface area contributed by atoms with E-state index in [0.717, 1.165) is 84.3 Å². The molecular formula is C32H35N5O4. The first-order chi connectivity index (χ1) is 19.9. The van der Waals surface area contributed by atoms with Crippen LogP contribution in [0.3, 0.4) is 0 Å². The summed E-state index contributed by atoms with van der Waals surface area (Å²) < 4.78 is 7.54. The van der Waals surface area contributed by atoms with Gasteiger partial charge in [0.25, 0.3) is 5.91 Å². The number of aliphatic carboxylic acids is 1. The molecule has 41 heavy (non-hydrogen) atoms. The van der Waals surface area contributed by atoms with E-state index in [1.165, 1.54) is 5.56 Å². The van der Waals surface area contributed by atoms with Gasteiger partial charge in [-0.15, -0.1) is 5.10 Å². The molecule has 1 unspecified atom stereocenters. The lowest BCUT2D eigenvalue weighted by Gasteiger charge is -2.30. The Bertz CT molecular complexity index is 1630. The normalized spacial score (nSPS) is 17.7. The van der Waals surface area contributed by atoms with Crippen LogP contribution in [-0.2, 0) is 30.7 Å². The molecule has 9 nitrogen and oxygen atoms in total. The van der Waals surface area contributed by atoms with Crippen LogP contribution in [-0.4, -0.2) is 55.5 Å². The molecule has 2 aromatic heterocycles. The van der Waals surface area contributed by atoms with E-state index in [1.807, 2.05) is 40.8 Å². The second-order valence-electron chi connectivity index (χ2n) is 11.2. The molecule has 0 spiro atoms. The summed E-state index contributed by atoms with van der Waals surface area (Å²) in [4.78, 5) is 32.2. The highest BCUT2D eigenvalue weighted by Gasteiger charge is 2.27. The maximum atomic E-state index is 13.6. The van der Waals surface area contributed by atoms with Gasteiger partial charge in [0.2, 0.25) is 0 Å². The lowest BCUT2D eigenvalue weighted by Crippen LogP contribution is -2.36. The molecule has 5 aliphatic rings. The van der Waals surface area contributed by atoms with E-state index in [0.29, 0.717) is 24.2 Å². The number of amides is 1. The summed E-state index contributed by atoms with van der Waals surface area (Å²) in [5, 5.41) is 18.7. The van der Waals surface area contributed by atoms with Crippen LogP contribution in [0.25, 0.3) is 11.2 Å². The number of carboxylic acid groups (broad SMARTS) is 1. The van der Waals surface area contributed by atoms with Crippen LogP contribution in [0.15, 0.2) is 42.6 Å². The molecule has 9 rings (SSSR count). The van der Waals surface area contributed by atoms with Crippen molar-refractivity contribution in [2.75, 3.05) is 13.7 Å². The fraction of sp³-hybridized carbons (Fsp3) is 0.406.